The first kappa shape index (κ1) is 23.1. The van der Waals surface area contributed by atoms with Crippen molar-refractivity contribution in [2.75, 3.05) is 31.1 Å². The SMILES string of the molecule is CCCCN(CCCC)c1ccc(C=C2C(=O)N(CC)C(=S)N(CC)C2=O)cc1. The van der Waals surface area contributed by atoms with Gasteiger partial charge in [-0.05, 0) is 62.7 Å². The normalized spacial score (nSPS) is 14.6. The predicted molar refractivity (Wildman–Crippen MR) is 124 cm³/mol. The number of amides is 2. The Bertz CT molecular complexity index is 722. The van der Waals surface area contributed by atoms with Crippen LogP contribution >= 0.6 is 12.2 Å². The highest BCUT2D eigenvalue weighted by Crippen LogP contribution is 2.22. The summed E-state index contributed by atoms with van der Waals surface area (Å²) in [4.78, 5) is 30.9. The largest absolute Gasteiger partial charge is 0.372 e. The van der Waals surface area contributed by atoms with Gasteiger partial charge in [0, 0.05) is 31.9 Å². The van der Waals surface area contributed by atoms with E-state index in [2.05, 4.69) is 30.9 Å². The van der Waals surface area contributed by atoms with Crippen molar-refractivity contribution in [3.05, 3.63) is 35.4 Å². The number of thiocarbonyl (C=S) groups is 1. The molecule has 158 valence electrons. The van der Waals surface area contributed by atoms with Crippen molar-refractivity contribution in [3.8, 4) is 0 Å². The van der Waals surface area contributed by atoms with Gasteiger partial charge in [0.15, 0.2) is 5.11 Å². The highest BCUT2D eigenvalue weighted by molar-refractivity contribution is 7.80. The van der Waals surface area contributed by atoms with Crippen molar-refractivity contribution in [2.45, 2.75) is 53.4 Å². The Labute approximate surface area is 180 Å². The molecule has 1 aliphatic rings. The Kier molecular flexibility index (Phi) is 8.83. The number of anilines is 1. The molecular weight excluding hydrogens is 382 g/mol. The summed E-state index contributed by atoms with van der Waals surface area (Å²) in [5.41, 5.74) is 2.20. The fourth-order valence-corrected chi connectivity index (χ4v) is 3.82. The lowest BCUT2D eigenvalue weighted by atomic mass is 10.1. The molecule has 0 bridgehead atoms. The summed E-state index contributed by atoms with van der Waals surface area (Å²) in [6.07, 6.45) is 6.35. The number of nitrogens with zero attached hydrogens (tertiary/aromatic N) is 3. The highest BCUT2D eigenvalue weighted by Gasteiger charge is 2.37. The number of rotatable bonds is 10. The summed E-state index contributed by atoms with van der Waals surface area (Å²) in [7, 11) is 0. The average molecular weight is 416 g/mol. The monoisotopic (exact) mass is 415 g/mol. The van der Waals surface area contributed by atoms with Crippen molar-refractivity contribution < 1.29 is 9.59 Å². The Morgan fingerprint density at radius 2 is 1.34 bits per heavy atom. The van der Waals surface area contributed by atoms with Gasteiger partial charge in [0.1, 0.15) is 5.57 Å². The second-order valence-electron chi connectivity index (χ2n) is 7.23. The molecule has 0 spiro atoms. The van der Waals surface area contributed by atoms with Crippen LogP contribution in [-0.2, 0) is 9.59 Å². The smallest absolute Gasteiger partial charge is 0.265 e. The summed E-state index contributed by atoms with van der Waals surface area (Å²) < 4.78 is 0. The Hall–Kier alpha value is -2.21. The zero-order valence-electron chi connectivity index (χ0n) is 18.1. The molecule has 1 saturated heterocycles. The molecule has 0 radical (unpaired) electrons. The summed E-state index contributed by atoms with van der Waals surface area (Å²) in [5.74, 6) is -0.632. The summed E-state index contributed by atoms with van der Waals surface area (Å²) in [5, 5.41) is 0.292. The Morgan fingerprint density at radius 1 is 0.862 bits per heavy atom. The molecular formula is C23H33N3O2S. The maximum Gasteiger partial charge on any atom is 0.265 e. The number of hydrogen-bond donors (Lipinski definition) is 0. The minimum Gasteiger partial charge on any atom is -0.372 e. The molecule has 6 heteroatoms. The van der Waals surface area contributed by atoms with Gasteiger partial charge in [-0.1, -0.05) is 38.8 Å². The zero-order valence-corrected chi connectivity index (χ0v) is 18.9. The van der Waals surface area contributed by atoms with E-state index in [1.165, 1.54) is 28.3 Å². The first-order valence-electron chi connectivity index (χ1n) is 10.7. The number of likely N-dealkylation sites (N-methyl/N-ethyl adjacent to an activating group) is 2. The van der Waals surface area contributed by atoms with Gasteiger partial charge in [-0.15, -0.1) is 0 Å². The lowest BCUT2D eigenvalue weighted by Crippen LogP contribution is -2.55. The van der Waals surface area contributed by atoms with Crippen molar-refractivity contribution in [3.63, 3.8) is 0 Å². The van der Waals surface area contributed by atoms with Gasteiger partial charge >= 0.3 is 0 Å². The Balaban J connectivity index is 2.27. The second-order valence-corrected chi connectivity index (χ2v) is 7.59. The van der Waals surface area contributed by atoms with Crippen LogP contribution < -0.4 is 4.90 Å². The van der Waals surface area contributed by atoms with Gasteiger partial charge in [-0.3, -0.25) is 19.4 Å². The third-order valence-electron chi connectivity index (χ3n) is 5.18. The van der Waals surface area contributed by atoms with Crippen LogP contribution in [0.1, 0.15) is 58.9 Å². The lowest BCUT2D eigenvalue weighted by Gasteiger charge is -2.35. The van der Waals surface area contributed by atoms with Crippen LogP contribution in [0.5, 0.6) is 0 Å². The lowest BCUT2D eigenvalue weighted by molar-refractivity contribution is -0.133. The maximum atomic E-state index is 12.8. The van der Waals surface area contributed by atoms with Crippen molar-refractivity contribution in [1.29, 1.82) is 0 Å². The van der Waals surface area contributed by atoms with E-state index in [9.17, 15) is 9.59 Å². The molecule has 1 fully saturated rings. The number of unbranched alkanes of at least 4 members (excludes halogenated alkanes) is 2. The minimum absolute atomic E-state index is 0.170. The van der Waals surface area contributed by atoms with Crippen LogP contribution in [0.2, 0.25) is 0 Å². The van der Waals surface area contributed by atoms with Gasteiger partial charge in [0.25, 0.3) is 11.8 Å². The molecule has 29 heavy (non-hydrogen) atoms. The quantitative estimate of drug-likeness (QED) is 0.321. The fraction of sp³-hybridized carbons (Fsp3) is 0.522. The minimum atomic E-state index is -0.316. The fourth-order valence-electron chi connectivity index (χ4n) is 3.40. The summed E-state index contributed by atoms with van der Waals surface area (Å²) >= 11 is 5.31. The van der Waals surface area contributed by atoms with Gasteiger partial charge < -0.3 is 4.90 Å². The van der Waals surface area contributed by atoms with E-state index in [0.717, 1.165) is 31.5 Å². The zero-order chi connectivity index (χ0) is 21.4. The molecule has 1 aromatic carbocycles. The molecule has 0 saturated carbocycles. The second kappa shape index (κ2) is 11.1. The van der Waals surface area contributed by atoms with E-state index in [-0.39, 0.29) is 17.4 Å². The first-order chi connectivity index (χ1) is 14.0. The number of benzene rings is 1. The molecule has 1 heterocycles. The molecule has 0 aromatic heterocycles. The molecule has 2 rings (SSSR count). The number of carbonyl (C=O) groups is 2. The van der Waals surface area contributed by atoms with E-state index in [1.54, 1.807) is 6.08 Å². The van der Waals surface area contributed by atoms with Crippen molar-refractivity contribution >= 4 is 40.9 Å². The van der Waals surface area contributed by atoms with Crippen LogP contribution in [0.4, 0.5) is 5.69 Å². The maximum absolute atomic E-state index is 12.8. The molecule has 1 aromatic rings. The number of carbonyl (C=O) groups excluding carboxylic acids is 2. The van der Waals surface area contributed by atoms with Crippen LogP contribution in [0.3, 0.4) is 0 Å². The average Bonchev–Trinajstić information content (AvgIpc) is 2.72. The van der Waals surface area contributed by atoms with Crippen molar-refractivity contribution in [2.24, 2.45) is 0 Å². The van der Waals surface area contributed by atoms with E-state index in [1.807, 2.05) is 26.0 Å². The first-order valence-corrected chi connectivity index (χ1v) is 11.1. The van der Waals surface area contributed by atoms with Gasteiger partial charge in [-0.2, -0.15) is 0 Å². The summed E-state index contributed by atoms with van der Waals surface area (Å²) in [6, 6.07) is 8.12. The molecule has 0 atom stereocenters. The van der Waals surface area contributed by atoms with E-state index < -0.39 is 0 Å². The van der Waals surface area contributed by atoms with Crippen molar-refractivity contribution in [1.82, 2.24) is 9.80 Å². The van der Waals surface area contributed by atoms with Crippen LogP contribution in [0, 0.1) is 0 Å². The molecule has 5 nitrogen and oxygen atoms in total. The molecule has 0 unspecified atom stereocenters. The topological polar surface area (TPSA) is 43.9 Å². The van der Waals surface area contributed by atoms with Gasteiger partial charge in [0.05, 0.1) is 0 Å². The third kappa shape index (κ3) is 5.44. The standard InChI is InChI=1S/C23H33N3O2S/c1-5-9-15-24(16-10-6-2)19-13-11-18(12-14-19)17-20-21(27)25(7-3)23(29)26(8-4)22(20)28/h11-14,17H,5-10,15-16H2,1-4H3. The Morgan fingerprint density at radius 3 is 1.76 bits per heavy atom. The van der Waals surface area contributed by atoms with Crippen LogP contribution in [0.25, 0.3) is 6.08 Å². The highest BCUT2D eigenvalue weighted by atomic mass is 32.1. The molecule has 1 aliphatic heterocycles. The molecule has 0 N–H and O–H groups in total. The number of hydrogen-bond acceptors (Lipinski definition) is 4. The molecule has 0 aliphatic carbocycles. The van der Waals surface area contributed by atoms with Gasteiger partial charge in [0.2, 0.25) is 0 Å². The van der Waals surface area contributed by atoms with Gasteiger partial charge in [-0.25, -0.2) is 0 Å². The van der Waals surface area contributed by atoms with E-state index >= 15 is 0 Å². The van der Waals surface area contributed by atoms with E-state index in [4.69, 9.17) is 12.2 Å². The van der Waals surface area contributed by atoms with E-state index in [0.29, 0.717) is 18.2 Å². The summed E-state index contributed by atoms with van der Waals surface area (Å²) in [6.45, 7) is 11.1. The third-order valence-corrected chi connectivity index (χ3v) is 5.62. The van der Waals surface area contributed by atoms with Crippen LogP contribution in [-0.4, -0.2) is 52.9 Å². The molecule has 2 amide bonds. The van der Waals surface area contributed by atoms with Crippen LogP contribution in [0.15, 0.2) is 29.8 Å². The predicted octanol–water partition coefficient (Wildman–Crippen LogP) is 4.47.